The number of carboxylic acid groups (broad SMARTS) is 1. The Bertz CT molecular complexity index is 994. The Hall–Kier alpha value is -3.00. The number of thiazole rings is 1. The highest BCUT2D eigenvalue weighted by Gasteiger charge is 2.23. The van der Waals surface area contributed by atoms with Crippen LogP contribution in [0.3, 0.4) is 0 Å². The zero-order chi connectivity index (χ0) is 20.3. The SMILES string of the molecule is CCn1cc(CC(=O)C(F)Cc2cnc(-c3ccc(O)cc3)s2)c(C(=O)O)c1. The number of hydrogen-bond acceptors (Lipinski definition) is 5. The minimum absolute atomic E-state index is 0.0230. The monoisotopic (exact) mass is 402 g/mol. The molecule has 1 atom stereocenters. The van der Waals surface area contributed by atoms with Gasteiger partial charge in [0, 0.05) is 48.4 Å². The van der Waals surface area contributed by atoms with E-state index in [-0.39, 0.29) is 24.2 Å². The number of nitrogens with zero attached hydrogens (tertiary/aromatic N) is 2. The topological polar surface area (TPSA) is 92.4 Å². The highest BCUT2D eigenvalue weighted by Crippen LogP contribution is 2.28. The van der Waals surface area contributed by atoms with Crippen LogP contribution in [0.25, 0.3) is 10.6 Å². The summed E-state index contributed by atoms with van der Waals surface area (Å²) in [5.41, 5.74) is 1.13. The van der Waals surface area contributed by atoms with Gasteiger partial charge in [-0.2, -0.15) is 0 Å². The zero-order valence-corrected chi connectivity index (χ0v) is 15.9. The van der Waals surface area contributed by atoms with Crippen molar-refractivity contribution in [2.75, 3.05) is 0 Å². The van der Waals surface area contributed by atoms with Gasteiger partial charge in [-0.15, -0.1) is 11.3 Å². The highest BCUT2D eigenvalue weighted by atomic mass is 32.1. The molecule has 2 heterocycles. The summed E-state index contributed by atoms with van der Waals surface area (Å²) in [6, 6.07) is 6.50. The summed E-state index contributed by atoms with van der Waals surface area (Å²) >= 11 is 1.28. The second-order valence-electron chi connectivity index (χ2n) is 6.33. The number of aryl methyl sites for hydroxylation is 1. The second-order valence-corrected chi connectivity index (χ2v) is 7.44. The normalized spacial score (nSPS) is 12.1. The molecular weight excluding hydrogens is 383 g/mol. The first-order valence-electron chi connectivity index (χ1n) is 8.70. The molecule has 8 heteroatoms. The van der Waals surface area contributed by atoms with Gasteiger partial charge in [0.1, 0.15) is 10.8 Å². The molecule has 0 radical (unpaired) electrons. The van der Waals surface area contributed by atoms with Gasteiger partial charge >= 0.3 is 5.97 Å². The first kappa shape index (κ1) is 19.8. The third kappa shape index (κ3) is 4.45. The molecule has 146 valence electrons. The second kappa shape index (κ2) is 8.35. The van der Waals surface area contributed by atoms with Gasteiger partial charge in [-0.05, 0) is 36.8 Å². The lowest BCUT2D eigenvalue weighted by Gasteiger charge is -2.05. The first-order valence-corrected chi connectivity index (χ1v) is 9.51. The van der Waals surface area contributed by atoms with Crippen LogP contribution < -0.4 is 0 Å². The molecule has 2 aromatic heterocycles. The Morgan fingerprint density at radius 2 is 1.96 bits per heavy atom. The van der Waals surface area contributed by atoms with Crippen molar-refractivity contribution in [2.24, 2.45) is 0 Å². The van der Waals surface area contributed by atoms with Crippen molar-refractivity contribution in [3.63, 3.8) is 0 Å². The Balaban J connectivity index is 1.67. The molecule has 3 aromatic rings. The summed E-state index contributed by atoms with van der Waals surface area (Å²) in [4.78, 5) is 28.5. The largest absolute Gasteiger partial charge is 0.508 e. The fourth-order valence-corrected chi connectivity index (χ4v) is 3.74. The van der Waals surface area contributed by atoms with Crippen LogP contribution in [0.15, 0.2) is 42.9 Å². The molecule has 0 saturated carbocycles. The van der Waals surface area contributed by atoms with Crippen LogP contribution >= 0.6 is 11.3 Å². The number of aromatic hydroxyl groups is 1. The van der Waals surface area contributed by atoms with E-state index < -0.39 is 17.9 Å². The number of phenols is 1. The predicted octanol–water partition coefficient (Wildman–Crippen LogP) is 3.73. The number of carbonyl (C=O) groups is 2. The van der Waals surface area contributed by atoms with Gasteiger partial charge in [0.05, 0.1) is 5.56 Å². The molecule has 0 bridgehead atoms. The van der Waals surface area contributed by atoms with Gasteiger partial charge in [-0.3, -0.25) is 4.79 Å². The molecule has 1 unspecified atom stereocenters. The molecule has 0 aliphatic rings. The lowest BCUT2D eigenvalue weighted by molar-refractivity contribution is -0.123. The van der Waals surface area contributed by atoms with Crippen molar-refractivity contribution >= 4 is 23.1 Å². The summed E-state index contributed by atoms with van der Waals surface area (Å²) < 4.78 is 16.2. The van der Waals surface area contributed by atoms with Crippen molar-refractivity contribution in [1.29, 1.82) is 0 Å². The van der Waals surface area contributed by atoms with Crippen LogP contribution in [-0.4, -0.2) is 37.7 Å². The van der Waals surface area contributed by atoms with E-state index in [9.17, 15) is 24.2 Å². The van der Waals surface area contributed by atoms with Crippen LogP contribution in [0.5, 0.6) is 5.75 Å². The number of hydrogen-bond donors (Lipinski definition) is 2. The van der Waals surface area contributed by atoms with E-state index in [1.54, 1.807) is 35.0 Å². The molecule has 2 N–H and O–H groups in total. The van der Waals surface area contributed by atoms with Crippen LogP contribution in [0.2, 0.25) is 0 Å². The van der Waals surface area contributed by atoms with Crippen LogP contribution in [0, 0.1) is 0 Å². The number of aromatic carboxylic acids is 1. The summed E-state index contributed by atoms with van der Waals surface area (Å²) in [5, 5.41) is 19.3. The molecule has 0 spiro atoms. The van der Waals surface area contributed by atoms with Crippen LogP contribution in [-0.2, 0) is 24.2 Å². The molecular formula is C20H19FN2O4S. The molecule has 1 aromatic carbocycles. The summed E-state index contributed by atoms with van der Waals surface area (Å²) in [5.74, 6) is -1.64. The van der Waals surface area contributed by atoms with E-state index in [0.29, 0.717) is 22.0 Å². The number of halogens is 1. The van der Waals surface area contributed by atoms with Crippen molar-refractivity contribution < 1.29 is 24.2 Å². The molecule has 28 heavy (non-hydrogen) atoms. The minimum Gasteiger partial charge on any atom is -0.508 e. The van der Waals surface area contributed by atoms with Crippen LogP contribution in [0.4, 0.5) is 4.39 Å². The maximum atomic E-state index is 14.5. The predicted molar refractivity (Wildman–Crippen MR) is 104 cm³/mol. The van der Waals surface area contributed by atoms with Gasteiger partial charge in [-0.25, -0.2) is 14.2 Å². The molecule has 0 aliphatic heterocycles. The van der Waals surface area contributed by atoms with E-state index in [4.69, 9.17) is 0 Å². The van der Waals surface area contributed by atoms with E-state index >= 15 is 0 Å². The van der Waals surface area contributed by atoms with Crippen molar-refractivity contribution in [3.05, 3.63) is 58.9 Å². The standard InChI is InChI=1S/C20H19FN2O4S/c1-2-23-10-13(16(11-23)20(26)27)7-18(25)17(21)8-15-9-22-19(28-15)12-3-5-14(24)6-4-12/h3-6,9-11,17,24H,2,7-8H2,1H3,(H,26,27). The molecule has 0 amide bonds. The molecule has 6 nitrogen and oxygen atoms in total. The van der Waals surface area contributed by atoms with Crippen molar-refractivity contribution in [3.8, 4) is 16.3 Å². The number of phenolic OH excluding ortho intramolecular Hbond substituents is 1. The number of benzene rings is 1. The fraction of sp³-hybridized carbons (Fsp3) is 0.250. The number of carbonyl (C=O) groups excluding carboxylic acids is 1. The summed E-state index contributed by atoms with van der Waals surface area (Å²) in [6.45, 7) is 2.42. The first-order chi connectivity index (χ1) is 13.4. The quantitative estimate of drug-likeness (QED) is 0.599. The maximum absolute atomic E-state index is 14.5. The molecule has 0 aliphatic carbocycles. The third-order valence-corrected chi connectivity index (χ3v) is 5.39. The maximum Gasteiger partial charge on any atom is 0.337 e. The van der Waals surface area contributed by atoms with Crippen molar-refractivity contribution in [1.82, 2.24) is 9.55 Å². The van der Waals surface area contributed by atoms with Gasteiger partial charge in [0.15, 0.2) is 12.0 Å². The smallest absolute Gasteiger partial charge is 0.337 e. The highest BCUT2D eigenvalue weighted by molar-refractivity contribution is 7.15. The average molecular weight is 402 g/mol. The Morgan fingerprint density at radius 3 is 2.61 bits per heavy atom. The van der Waals surface area contributed by atoms with E-state index in [0.717, 1.165) is 5.56 Å². The van der Waals surface area contributed by atoms with Crippen molar-refractivity contribution in [2.45, 2.75) is 32.5 Å². The van der Waals surface area contributed by atoms with E-state index in [1.807, 2.05) is 6.92 Å². The summed E-state index contributed by atoms with van der Waals surface area (Å²) in [7, 11) is 0. The van der Waals surface area contributed by atoms with E-state index in [1.165, 1.54) is 23.7 Å². The lowest BCUT2D eigenvalue weighted by atomic mass is 10.0. The fourth-order valence-electron chi connectivity index (χ4n) is 2.80. The number of carboxylic acids is 1. The zero-order valence-electron chi connectivity index (χ0n) is 15.1. The number of rotatable bonds is 8. The van der Waals surface area contributed by atoms with E-state index in [2.05, 4.69) is 4.98 Å². The summed E-state index contributed by atoms with van der Waals surface area (Å²) in [6.07, 6.45) is 2.45. The minimum atomic E-state index is -1.74. The number of ketones is 1. The Kier molecular flexibility index (Phi) is 5.89. The molecule has 0 saturated heterocycles. The number of aromatic nitrogens is 2. The number of Topliss-reactive ketones (excluding diaryl/α,β-unsaturated/α-hetero) is 1. The van der Waals surface area contributed by atoms with Gasteiger partial charge in [0.2, 0.25) is 0 Å². The molecule has 0 fully saturated rings. The van der Waals surface area contributed by atoms with Gasteiger partial charge in [-0.1, -0.05) is 0 Å². The Morgan fingerprint density at radius 1 is 1.25 bits per heavy atom. The van der Waals surface area contributed by atoms with Gasteiger partial charge < -0.3 is 14.8 Å². The third-order valence-electron chi connectivity index (χ3n) is 4.32. The average Bonchev–Trinajstić information content (AvgIpc) is 3.29. The van der Waals surface area contributed by atoms with Crippen LogP contribution in [0.1, 0.15) is 27.7 Å². The Labute approximate surface area is 164 Å². The number of alkyl halides is 1. The molecule has 3 rings (SSSR count). The lowest BCUT2D eigenvalue weighted by Crippen LogP contribution is -2.20. The van der Waals surface area contributed by atoms with Gasteiger partial charge in [0.25, 0.3) is 0 Å².